The van der Waals surface area contributed by atoms with Crippen molar-refractivity contribution in [2.45, 2.75) is 19.8 Å². The lowest BCUT2D eigenvalue weighted by Crippen LogP contribution is -2.37. The fourth-order valence-electron chi connectivity index (χ4n) is 3.47. The molecule has 2 amide bonds. The average Bonchev–Trinajstić information content (AvgIpc) is 3.17. The van der Waals surface area contributed by atoms with Crippen LogP contribution in [0.15, 0.2) is 29.0 Å². The number of amides is 2. The zero-order valence-electron chi connectivity index (χ0n) is 16.8. The Kier molecular flexibility index (Phi) is 6.33. The third kappa shape index (κ3) is 4.77. The van der Waals surface area contributed by atoms with Gasteiger partial charge >= 0.3 is 12.0 Å². The Morgan fingerprint density at radius 2 is 1.94 bits per heavy atom. The maximum atomic E-state index is 11.8. The molecule has 0 unspecified atom stereocenters. The predicted octanol–water partition coefficient (Wildman–Crippen LogP) is 3.96. The van der Waals surface area contributed by atoms with Gasteiger partial charge in [0.2, 0.25) is 5.95 Å². The van der Waals surface area contributed by atoms with Gasteiger partial charge in [-0.2, -0.15) is 0 Å². The second-order valence-corrected chi connectivity index (χ2v) is 9.03. The molecule has 1 aromatic carbocycles. The fraction of sp³-hybridized carbons (Fsp3) is 0.350. The first-order chi connectivity index (χ1) is 14.9. The second kappa shape index (κ2) is 9.15. The zero-order chi connectivity index (χ0) is 22.0. The maximum absolute atomic E-state index is 11.8. The number of carbonyl (C=O) groups is 2. The first-order valence-corrected chi connectivity index (χ1v) is 11.5. The fourth-order valence-corrected chi connectivity index (χ4v) is 5.01. The summed E-state index contributed by atoms with van der Waals surface area (Å²) >= 11 is 4.99. The number of carboxylic acids is 1. The molecule has 1 aliphatic heterocycles. The number of carbonyl (C=O) groups excluding carboxylic acids is 1. The monoisotopic (exact) mass is 504 g/mol. The number of rotatable bonds is 5. The summed E-state index contributed by atoms with van der Waals surface area (Å²) < 4.78 is 1.82. The molecule has 1 fully saturated rings. The van der Waals surface area contributed by atoms with Gasteiger partial charge in [0, 0.05) is 42.1 Å². The molecule has 11 heteroatoms. The molecule has 0 saturated carbocycles. The summed E-state index contributed by atoms with van der Waals surface area (Å²) in [6.45, 7) is 3.66. The Bertz CT molecular complexity index is 1110. The molecule has 1 saturated heterocycles. The van der Waals surface area contributed by atoms with Crippen molar-refractivity contribution in [1.82, 2.24) is 20.3 Å². The molecule has 31 heavy (non-hydrogen) atoms. The van der Waals surface area contributed by atoms with Crippen LogP contribution in [0.4, 0.5) is 15.9 Å². The number of halogens is 1. The Morgan fingerprint density at radius 1 is 1.23 bits per heavy atom. The van der Waals surface area contributed by atoms with Crippen molar-refractivity contribution >= 4 is 60.6 Å². The summed E-state index contributed by atoms with van der Waals surface area (Å²) in [6, 6.07) is 3.64. The van der Waals surface area contributed by atoms with Crippen molar-refractivity contribution < 1.29 is 14.7 Å². The van der Waals surface area contributed by atoms with E-state index in [0.717, 1.165) is 25.8 Å². The highest BCUT2D eigenvalue weighted by atomic mass is 79.9. The Morgan fingerprint density at radius 3 is 2.58 bits per heavy atom. The van der Waals surface area contributed by atoms with E-state index in [4.69, 9.17) is 5.11 Å². The van der Waals surface area contributed by atoms with Gasteiger partial charge in [-0.15, -0.1) is 0 Å². The second-order valence-electron chi connectivity index (χ2n) is 7.18. The summed E-state index contributed by atoms with van der Waals surface area (Å²) in [5, 5.41) is 15.1. The number of piperidine rings is 1. The highest BCUT2D eigenvalue weighted by molar-refractivity contribution is 9.10. The van der Waals surface area contributed by atoms with Gasteiger partial charge in [0.15, 0.2) is 5.13 Å². The normalized spacial score (nSPS) is 14.6. The van der Waals surface area contributed by atoms with E-state index < -0.39 is 5.97 Å². The Hall–Kier alpha value is -2.79. The van der Waals surface area contributed by atoms with Crippen molar-refractivity contribution in [3.8, 4) is 11.1 Å². The SMILES string of the molecule is CCNC(=O)Nc1nc2cc(-c3cnc(N4CCC(C(=O)O)CC4)nc3)cc(Br)c2s1. The standard InChI is InChI=1S/C20H21BrN6O3S/c1-2-22-19(30)26-20-25-15-8-12(7-14(21)16(15)31-20)13-9-23-18(24-10-13)27-5-3-11(4-6-27)17(28)29/h7-11H,2-6H2,1H3,(H,28,29)(H2,22,25,26,30). The van der Waals surface area contributed by atoms with Crippen molar-refractivity contribution in [3.63, 3.8) is 0 Å². The molecular formula is C20H21BrN6O3S. The van der Waals surface area contributed by atoms with Crippen molar-refractivity contribution in [3.05, 3.63) is 29.0 Å². The topological polar surface area (TPSA) is 120 Å². The Labute approximate surface area is 191 Å². The number of nitrogens with one attached hydrogen (secondary N) is 2. The minimum absolute atomic E-state index is 0.283. The third-order valence-electron chi connectivity index (χ3n) is 5.10. The summed E-state index contributed by atoms with van der Waals surface area (Å²) in [4.78, 5) is 38.4. The van der Waals surface area contributed by atoms with Crippen LogP contribution in [-0.2, 0) is 4.79 Å². The summed E-state index contributed by atoms with van der Waals surface area (Å²) in [5.74, 6) is -0.414. The van der Waals surface area contributed by atoms with Crippen LogP contribution in [0.25, 0.3) is 21.3 Å². The van der Waals surface area contributed by atoms with Crippen LogP contribution in [0, 0.1) is 5.92 Å². The van der Waals surface area contributed by atoms with E-state index in [1.807, 2.05) is 24.0 Å². The molecule has 3 aromatic rings. The zero-order valence-corrected chi connectivity index (χ0v) is 19.2. The average molecular weight is 505 g/mol. The van der Waals surface area contributed by atoms with E-state index in [2.05, 4.69) is 41.5 Å². The van der Waals surface area contributed by atoms with Crippen molar-refractivity contribution in [2.75, 3.05) is 29.9 Å². The smallest absolute Gasteiger partial charge is 0.321 e. The molecule has 0 spiro atoms. The van der Waals surface area contributed by atoms with E-state index in [1.165, 1.54) is 11.3 Å². The van der Waals surface area contributed by atoms with Crippen LogP contribution in [0.5, 0.6) is 0 Å². The van der Waals surface area contributed by atoms with Gasteiger partial charge < -0.3 is 15.3 Å². The summed E-state index contributed by atoms with van der Waals surface area (Å²) in [7, 11) is 0. The summed E-state index contributed by atoms with van der Waals surface area (Å²) in [6.07, 6.45) is 4.72. The van der Waals surface area contributed by atoms with E-state index in [-0.39, 0.29) is 11.9 Å². The highest BCUT2D eigenvalue weighted by Crippen LogP contribution is 2.36. The molecule has 0 bridgehead atoms. The molecule has 4 rings (SSSR count). The van der Waals surface area contributed by atoms with Gasteiger partial charge in [-0.25, -0.2) is 19.7 Å². The van der Waals surface area contributed by atoms with Crippen molar-refractivity contribution in [1.29, 1.82) is 0 Å². The molecule has 3 heterocycles. The first kappa shape index (κ1) is 21.4. The van der Waals surface area contributed by atoms with Crippen LogP contribution in [-0.4, -0.2) is 51.7 Å². The number of nitrogens with zero attached hydrogens (tertiary/aromatic N) is 4. The number of fused-ring (bicyclic) bond motifs is 1. The minimum atomic E-state index is -0.733. The predicted molar refractivity (Wildman–Crippen MR) is 124 cm³/mol. The number of aromatic nitrogens is 3. The number of anilines is 2. The number of hydrogen-bond acceptors (Lipinski definition) is 7. The highest BCUT2D eigenvalue weighted by Gasteiger charge is 2.25. The number of carboxylic acid groups (broad SMARTS) is 1. The van der Waals surface area contributed by atoms with Gasteiger partial charge in [0.25, 0.3) is 0 Å². The molecule has 0 radical (unpaired) electrons. The molecule has 3 N–H and O–H groups in total. The van der Waals surface area contributed by atoms with Gasteiger partial charge in [-0.05, 0) is 53.4 Å². The first-order valence-electron chi connectivity index (χ1n) is 9.89. The number of urea groups is 1. The third-order valence-corrected chi connectivity index (χ3v) is 7.01. The number of aliphatic carboxylic acids is 1. The van der Waals surface area contributed by atoms with Gasteiger partial charge in [0.1, 0.15) is 0 Å². The number of benzene rings is 1. The van der Waals surface area contributed by atoms with Crippen LogP contribution in [0.2, 0.25) is 0 Å². The quantitative estimate of drug-likeness (QED) is 0.480. The van der Waals surface area contributed by atoms with E-state index in [9.17, 15) is 9.59 Å². The van der Waals surface area contributed by atoms with E-state index >= 15 is 0 Å². The van der Waals surface area contributed by atoms with Crippen LogP contribution < -0.4 is 15.5 Å². The van der Waals surface area contributed by atoms with E-state index in [1.54, 1.807) is 12.4 Å². The molecule has 2 aromatic heterocycles. The molecule has 162 valence electrons. The molecular weight excluding hydrogens is 484 g/mol. The number of thiazole rings is 1. The lowest BCUT2D eigenvalue weighted by atomic mass is 9.97. The molecule has 9 nitrogen and oxygen atoms in total. The lowest BCUT2D eigenvalue weighted by molar-refractivity contribution is -0.142. The molecule has 1 aliphatic rings. The largest absolute Gasteiger partial charge is 0.481 e. The van der Waals surface area contributed by atoms with Gasteiger partial charge in [-0.1, -0.05) is 11.3 Å². The summed E-state index contributed by atoms with van der Waals surface area (Å²) in [5.41, 5.74) is 2.52. The van der Waals surface area contributed by atoms with Crippen LogP contribution >= 0.6 is 27.3 Å². The Balaban J connectivity index is 1.52. The van der Waals surface area contributed by atoms with Gasteiger partial charge in [0.05, 0.1) is 16.1 Å². The molecule has 0 atom stereocenters. The van der Waals surface area contributed by atoms with Crippen LogP contribution in [0.3, 0.4) is 0 Å². The maximum Gasteiger partial charge on any atom is 0.321 e. The van der Waals surface area contributed by atoms with Crippen molar-refractivity contribution in [2.24, 2.45) is 5.92 Å². The number of hydrogen-bond donors (Lipinski definition) is 3. The van der Waals surface area contributed by atoms with Gasteiger partial charge in [-0.3, -0.25) is 10.1 Å². The molecule has 0 aliphatic carbocycles. The van der Waals surface area contributed by atoms with Crippen LogP contribution in [0.1, 0.15) is 19.8 Å². The lowest BCUT2D eigenvalue weighted by Gasteiger charge is -2.30. The minimum Gasteiger partial charge on any atom is -0.481 e. The van der Waals surface area contributed by atoms with E-state index in [0.29, 0.717) is 43.6 Å².